The topological polar surface area (TPSA) is 17.1 Å². The first-order chi connectivity index (χ1) is 5.77. The molecular formula is C9H8Br2O. The van der Waals surface area contributed by atoms with Gasteiger partial charge in [0.05, 0.1) is 0 Å². The first-order valence-corrected chi connectivity index (χ1v) is 5.49. The fourth-order valence-electron chi connectivity index (χ4n) is 1.01. The fourth-order valence-corrected chi connectivity index (χ4v) is 1.84. The van der Waals surface area contributed by atoms with E-state index >= 15 is 0 Å². The predicted octanol–water partition coefficient (Wildman–Crippen LogP) is 3.20. The van der Waals surface area contributed by atoms with Gasteiger partial charge in [-0.1, -0.05) is 37.9 Å². The smallest absolute Gasteiger partial charge is 0.150 e. The normalized spacial score (nSPS) is 9.83. The molecule has 12 heavy (non-hydrogen) atoms. The van der Waals surface area contributed by atoms with Crippen molar-refractivity contribution in [2.75, 3.05) is 5.33 Å². The summed E-state index contributed by atoms with van der Waals surface area (Å²) in [5.41, 5.74) is 1.86. The molecule has 0 heterocycles. The molecule has 64 valence electrons. The summed E-state index contributed by atoms with van der Waals surface area (Å²) in [6, 6.07) is 5.68. The summed E-state index contributed by atoms with van der Waals surface area (Å²) >= 11 is 6.71. The van der Waals surface area contributed by atoms with Crippen molar-refractivity contribution in [1.29, 1.82) is 0 Å². The Bertz CT molecular complexity index is 284. The highest BCUT2D eigenvalue weighted by Crippen LogP contribution is 2.16. The highest BCUT2D eigenvalue weighted by atomic mass is 79.9. The Hall–Kier alpha value is -0.150. The summed E-state index contributed by atoms with van der Waals surface area (Å²) in [5.74, 6) is 0. The molecule has 1 aromatic rings. The Morgan fingerprint density at radius 2 is 2.17 bits per heavy atom. The van der Waals surface area contributed by atoms with Crippen LogP contribution < -0.4 is 0 Å². The van der Waals surface area contributed by atoms with Crippen LogP contribution in [-0.4, -0.2) is 11.6 Å². The molecule has 0 radical (unpaired) electrons. The van der Waals surface area contributed by atoms with E-state index < -0.39 is 0 Å². The predicted molar refractivity (Wildman–Crippen MR) is 57.0 cm³/mol. The largest absolute Gasteiger partial charge is 0.298 e. The van der Waals surface area contributed by atoms with E-state index in [0.29, 0.717) is 0 Å². The molecule has 1 rings (SSSR count). The number of rotatable bonds is 3. The van der Waals surface area contributed by atoms with Crippen LogP contribution in [-0.2, 0) is 6.42 Å². The number of halogens is 2. The molecule has 0 unspecified atom stereocenters. The zero-order chi connectivity index (χ0) is 8.97. The molecule has 0 atom stereocenters. The summed E-state index contributed by atoms with van der Waals surface area (Å²) in [4.78, 5) is 10.6. The van der Waals surface area contributed by atoms with Crippen molar-refractivity contribution in [3.8, 4) is 0 Å². The monoisotopic (exact) mass is 290 g/mol. The van der Waals surface area contributed by atoms with Crippen molar-refractivity contribution in [3.63, 3.8) is 0 Å². The van der Waals surface area contributed by atoms with Gasteiger partial charge in [0.1, 0.15) is 6.29 Å². The summed E-state index contributed by atoms with van der Waals surface area (Å²) in [6.45, 7) is 0. The molecule has 0 bridgehead atoms. The van der Waals surface area contributed by atoms with Gasteiger partial charge in [-0.15, -0.1) is 0 Å². The van der Waals surface area contributed by atoms with E-state index in [0.717, 1.165) is 33.6 Å². The molecule has 0 fully saturated rings. The first-order valence-electron chi connectivity index (χ1n) is 3.57. The van der Waals surface area contributed by atoms with Crippen LogP contribution in [0.25, 0.3) is 0 Å². The average molecular weight is 292 g/mol. The van der Waals surface area contributed by atoms with E-state index in [1.807, 2.05) is 18.2 Å². The minimum absolute atomic E-state index is 0.776. The highest BCUT2D eigenvalue weighted by molar-refractivity contribution is 9.10. The molecule has 1 nitrogen and oxygen atoms in total. The van der Waals surface area contributed by atoms with Gasteiger partial charge < -0.3 is 0 Å². The summed E-state index contributed by atoms with van der Waals surface area (Å²) < 4.78 is 1.02. The van der Waals surface area contributed by atoms with Gasteiger partial charge >= 0.3 is 0 Å². The van der Waals surface area contributed by atoms with Crippen molar-refractivity contribution in [2.45, 2.75) is 6.42 Å². The lowest BCUT2D eigenvalue weighted by atomic mass is 10.1. The number of aryl methyl sites for hydroxylation is 1. The van der Waals surface area contributed by atoms with Gasteiger partial charge in [-0.05, 0) is 24.1 Å². The molecule has 0 spiro atoms. The van der Waals surface area contributed by atoms with E-state index in [4.69, 9.17) is 0 Å². The number of carbonyl (C=O) groups is 1. The van der Waals surface area contributed by atoms with Crippen molar-refractivity contribution in [3.05, 3.63) is 33.8 Å². The van der Waals surface area contributed by atoms with E-state index in [2.05, 4.69) is 31.9 Å². The third-order valence-corrected chi connectivity index (χ3v) is 2.49. The lowest BCUT2D eigenvalue weighted by Gasteiger charge is -2.02. The van der Waals surface area contributed by atoms with Crippen LogP contribution in [0.1, 0.15) is 15.9 Å². The number of hydrogen-bond donors (Lipinski definition) is 0. The van der Waals surface area contributed by atoms with Gasteiger partial charge in [-0.3, -0.25) is 4.79 Å². The summed E-state index contributed by atoms with van der Waals surface area (Å²) in [6.07, 6.45) is 1.78. The van der Waals surface area contributed by atoms with Gasteiger partial charge in [0.15, 0.2) is 0 Å². The standard InChI is InChI=1S/C9H8Br2O/c10-4-3-7-5-9(11)2-1-8(7)6-12/h1-2,5-6H,3-4H2. The van der Waals surface area contributed by atoms with Crippen LogP contribution in [0.3, 0.4) is 0 Å². The van der Waals surface area contributed by atoms with E-state index in [-0.39, 0.29) is 0 Å². The van der Waals surface area contributed by atoms with Gasteiger partial charge in [0.2, 0.25) is 0 Å². The second-order valence-corrected chi connectivity index (χ2v) is 4.11. The van der Waals surface area contributed by atoms with Crippen LogP contribution in [0.5, 0.6) is 0 Å². The molecule has 0 aromatic heterocycles. The highest BCUT2D eigenvalue weighted by Gasteiger charge is 2.00. The van der Waals surface area contributed by atoms with Gasteiger partial charge in [0, 0.05) is 15.4 Å². The molecular weight excluding hydrogens is 284 g/mol. The zero-order valence-corrected chi connectivity index (χ0v) is 9.56. The SMILES string of the molecule is O=Cc1ccc(Br)cc1CCBr. The minimum atomic E-state index is 0.776. The maximum absolute atomic E-state index is 10.6. The van der Waals surface area contributed by atoms with Gasteiger partial charge in [-0.25, -0.2) is 0 Å². The van der Waals surface area contributed by atoms with Crippen molar-refractivity contribution in [2.24, 2.45) is 0 Å². The summed E-state index contributed by atoms with van der Waals surface area (Å²) in [5, 5.41) is 0.879. The maximum Gasteiger partial charge on any atom is 0.150 e. The van der Waals surface area contributed by atoms with Gasteiger partial charge in [-0.2, -0.15) is 0 Å². The average Bonchev–Trinajstić information content (AvgIpc) is 2.05. The number of carbonyl (C=O) groups excluding carboxylic acids is 1. The zero-order valence-electron chi connectivity index (χ0n) is 6.39. The van der Waals surface area contributed by atoms with Crippen LogP contribution in [0.2, 0.25) is 0 Å². The second kappa shape index (κ2) is 4.77. The Morgan fingerprint density at radius 1 is 1.42 bits per heavy atom. The van der Waals surface area contributed by atoms with Crippen molar-refractivity contribution >= 4 is 38.1 Å². The van der Waals surface area contributed by atoms with Crippen molar-refractivity contribution < 1.29 is 4.79 Å². The molecule has 0 amide bonds. The Labute approximate surface area is 88.4 Å². The number of alkyl halides is 1. The Kier molecular flexibility index (Phi) is 3.95. The van der Waals surface area contributed by atoms with E-state index in [9.17, 15) is 4.79 Å². The lowest BCUT2D eigenvalue weighted by molar-refractivity contribution is 0.112. The summed E-state index contributed by atoms with van der Waals surface area (Å²) in [7, 11) is 0. The van der Waals surface area contributed by atoms with Crippen LogP contribution in [0, 0.1) is 0 Å². The first kappa shape index (κ1) is 9.93. The van der Waals surface area contributed by atoms with Crippen LogP contribution >= 0.6 is 31.9 Å². The number of aldehydes is 1. The number of benzene rings is 1. The third-order valence-electron chi connectivity index (χ3n) is 1.60. The number of hydrogen-bond acceptors (Lipinski definition) is 1. The van der Waals surface area contributed by atoms with Crippen LogP contribution in [0.4, 0.5) is 0 Å². The molecule has 0 N–H and O–H groups in total. The minimum Gasteiger partial charge on any atom is -0.298 e. The fraction of sp³-hybridized carbons (Fsp3) is 0.222. The molecule has 0 aliphatic heterocycles. The second-order valence-electron chi connectivity index (χ2n) is 2.40. The van der Waals surface area contributed by atoms with E-state index in [1.54, 1.807) is 0 Å². The third kappa shape index (κ3) is 2.42. The molecule has 1 aromatic carbocycles. The van der Waals surface area contributed by atoms with E-state index in [1.165, 1.54) is 0 Å². The Morgan fingerprint density at radius 3 is 2.75 bits per heavy atom. The van der Waals surface area contributed by atoms with Crippen LogP contribution in [0.15, 0.2) is 22.7 Å². The molecule has 0 saturated heterocycles. The Balaban J connectivity index is 3.03. The molecule has 0 aliphatic rings. The molecule has 0 saturated carbocycles. The molecule has 3 heteroatoms. The quantitative estimate of drug-likeness (QED) is 0.617. The van der Waals surface area contributed by atoms with Crippen molar-refractivity contribution in [1.82, 2.24) is 0 Å². The molecule has 0 aliphatic carbocycles. The lowest BCUT2D eigenvalue weighted by Crippen LogP contribution is -1.93. The van der Waals surface area contributed by atoms with Gasteiger partial charge in [0.25, 0.3) is 0 Å². The maximum atomic E-state index is 10.6.